The zero-order valence-corrected chi connectivity index (χ0v) is 11.9. The number of aryl methyl sites for hydroxylation is 1. The molecule has 0 bridgehead atoms. The summed E-state index contributed by atoms with van der Waals surface area (Å²) in [7, 11) is 0. The second-order valence-corrected chi connectivity index (χ2v) is 5.80. The Morgan fingerprint density at radius 1 is 1.53 bits per heavy atom. The monoisotopic (exact) mass is 279 g/mol. The number of hydrogen-bond acceptors (Lipinski definition) is 6. The molecule has 0 amide bonds. The van der Waals surface area contributed by atoms with E-state index >= 15 is 0 Å². The van der Waals surface area contributed by atoms with Gasteiger partial charge in [0.1, 0.15) is 10.9 Å². The fourth-order valence-corrected chi connectivity index (χ4v) is 2.98. The topological polar surface area (TPSA) is 56.3 Å². The molecule has 1 aliphatic heterocycles. The highest BCUT2D eigenvalue weighted by atomic mass is 32.1. The Morgan fingerprint density at radius 3 is 3.16 bits per heavy atom. The molecule has 6 heteroatoms. The number of thiophene rings is 1. The van der Waals surface area contributed by atoms with E-state index in [1.165, 1.54) is 4.88 Å². The molecule has 1 saturated heterocycles. The van der Waals surface area contributed by atoms with Crippen LogP contribution < -0.4 is 10.1 Å². The molecule has 1 atom stereocenters. The molecule has 2 aromatic rings. The van der Waals surface area contributed by atoms with Crippen LogP contribution in [0.4, 0.5) is 5.95 Å². The molecule has 102 valence electrons. The third-order valence-corrected chi connectivity index (χ3v) is 3.93. The SMILES string of the molecule is CCNc1nc(OC2CCOC2)c2cc(C)sc2n1. The van der Waals surface area contributed by atoms with Gasteiger partial charge in [0.15, 0.2) is 0 Å². The number of rotatable bonds is 4. The number of nitrogens with one attached hydrogen (secondary N) is 1. The van der Waals surface area contributed by atoms with Crippen molar-refractivity contribution in [3.05, 3.63) is 10.9 Å². The second-order valence-electron chi connectivity index (χ2n) is 4.56. The number of aromatic nitrogens is 2. The zero-order chi connectivity index (χ0) is 13.2. The minimum atomic E-state index is 0.104. The number of anilines is 1. The molecule has 1 unspecified atom stereocenters. The molecule has 3 rings (SSSR count). The summed E-state index contributed by atoms with van der Waals surface area (Å²) >= 11 is 1.66. The third-order valence-electron chi connectivity index (χ3n) is 2.98. The van der Waals surface area contributed by atoms with E-state index in [4.69, 9.17) is 9.47 Å². The van der Waals surface area contributed by atoms with Gasteiger partial charge in [0, 0.05) is 17.8 Å². The van der Waals surface area contributed by atoms with E-state index in [1.54, 1.807) is 11.3 Å². The van der Waals surface area contributed by atoms with Crippen molar-refractivity contribution in [2.24, 2.45) is 0 Å². The van der Waals surface area contributed by atoms with Gasteiger partial charge in [0.2, 0.25) is 11.8 Å². The summed E-state index contributed by atoms with van der Waals surface area (Å²) in [5.74, 6) is 1.30. The van der Waals surface area contributed by atoms with Crippen LogP contribution in [0.5, 0.6) is 5.88 Å². The van der Waals surface area contributed by atoms with Crippen LogP contribution in [0.3, 0.4) is 0 Å². The molecule has 0 radical (unpaired) electrons. The Bertz CT molecular complexity index is 579. The van der Waals surface area contributed by atoms with Crippen molar-refractivity contribution in [3.63, 3.8) is 0 Å². The van der Waals surface area contributed by atoms with Crippen LogP contribution >= 0.6 is 11.3 Å². The lowest BCUT2D eigenvalue weighted by atomic mass is 10.3. The maximum atomic E-state index is 5.98. The number of hydrogen-bond donors (Lipinski definition) is 1. The summed E-state index contributed by atoms with van der Waals surface area (Å²) < 4.78 is 11.3. The first-order chi connectivity index (χ1) is 9.26. The normalized spacial score (nSPS) is 18.9. The van der Waals surface area contributed by atoms with Crippen molar-refractivity contribution in [2.75, 3.05) is 25.1 Å². The molecule has 0 saturated carbocycles. The van der Waals surface area contributed by atoms with E-state index in [0.29, 0.717) is 18.4 Å². The minimum absolute atomic E-state index is 0.104. The van der Waals surface area contributed by atoms with Gasteiger partial charge in [-0.3, -0.25) is 0 Å². The lowest BCUT2D eigenvalue weighted by Gasteiger charge is -2.12. The predicted molar refractivity (Wildman–Crippen MR) is 76.2 cm³/mol. The van der Waals surface area contributed by atoms with Crippen LogP contribution in [-0.4, -0.2) is 35.8 Å². The van der Waals surface area contributed by atoms with Crippen molar-refractivity contribution in [1.29, 1.82) is 0 Å². The summed E-state index contributed by atoms with van der Waals surface area (Å²) in [6.45, 7) is 6.30. The zero-order valence-electron chi connectivity index (χ0n) is 11.1. The van der Waals surface area contributed by atoms with E-state index < -0.39 is 0 Å². The fraction of sp³-hybridized carbons (Fsp3) is 0.538. The Labute approximate surface area is 116 Å². The maximum Gasteiger partial charge on any atom is 0.227 e. The molecule has 19 heavy (non-hydrogen) atoms. The van der Waals surface area contributed by atoms with Gasteiger partial charge in [-0.15, -0.1) is 11.3 Å². The van der Waals surface area contributed by atoms with Gasteiger partial charge in [-0.2, -0.15) is 4.98 Å². The van der Waals surface area contributed by atoms with Crippen molar-refractivity contribution < 1.29 is 9.47 Å². The number of fused-ring (bicyclic) bond motifs is 1. The first-order valence-electron chi connectivity index (χ1n) is 6.52. The number of ether oxygens (including phenoxy) is 2. The van der Waals surface area contributed by atoms with Gasteiger partial charge in [-0.1, -0.05) is 0 Å². The molecule has 1 aliphatic rings. The van der Waals surface area contributed by atoms with Crippen molar-refractivity contribution in [1.82, 2.24) is 9.97 Å². The van der Waals surface area contributed by atoms with Gasteiger partial charge < -0.3 is 14.8 Å². The average Bonchev–Trinajstić information content (AvgIpc) is 2.98. The van der Waals surface area contributed by atoms with Crippen molar-refractivity contribution >= 4 is 27.5 Å². The Morgan fingerprint density at radius 2 is 2.42 bits per heavy atom. The summed E-state index contributed by atoms with van der Waals surface area (Å²) in [5.41, 5.74) is 0. The second kappa shape index (κ2) is 5.30. The quantitative estimate of drug-likeness (QED) is 0.932. The van der Waals surface area contributed by atoms with Crippen LogP contribution in [0, 0.1) is 6.92 Å². The highest BCUT2D eigenvalue weighted by Crippen LogP contribution is 2.32. The maximum absolute atomic E-state index is 5.98. The van der Waals surface area contributed by atoms with Crippen molar-refractivity contribution in [3.8, 4) is 5.88 Å². The fourth-order valence-electron chi connectivity index (χ4n) is 2.11. The number of nitrogens with zero attached hydrogens (tertiary/aromatic N) is 2. The first kappa shape index (κ1) is 12.6. The molecular weight excluding hydrogens is 262 g/mol. The van der Waals surface area contributed by atoms with E-state index in [2.05, 4.69) is 28.3 Å². The summed E-state index contributed by atoms with van der Waals surface area (Å²) in [6, 6.07) is 2.08. The van der Waals surface area contributed by atoms with Gasteiger partial charge in [-0.05, 0) is 19.9 Å². The molecule has 0 aliphatic carbocycles. The summed E-state index contributed by atoms with van der Waals surface area (Å²) in [6.07, 6.45) is 1.03. The molecule has 1 fully saturated rings. The Kier molecular flexibility index (Phi) is 3.52. The molecule has 3 heterocycles. The van der Waals surface area contributed by atoms with Gasteiger partial charge in [0.05, 0.1) is 18.6 Å². The van der Waals surface area contributed by atoms with Gasteiger partial charge >= 0.3 is 0 Å². The highest BCUT2D eigenvalue weighted by Gasteiger charge is 2.20. The first-order valence-corrected chi connectivity index (χ1v) is 7.34. The van der Waals surface area contributed by atoms with E-state index in [9.17, 15) is 0 Å². The van der Waals surface area contributed by atoms with Crippen LogP contribution in [0.15, 0.2) is 6.07 Å². The Hall–Kier alpha value is -1.40. The molecule has 2 aromatic heterocycles. The van der Waals surface area contributed by atoms with Crippen LogP contribution in [0.2, 0.25) is 0 Å². The van der Waals surface area contributed by atoms with E-state index in [-0.39, 0.29) is 6.10 Å². The van der Waals surface area contributed by atoms with E-state index in [1.807, 2.05) is 6.92 Å². The standard InChI is InChI=1S/C13H17N3O2S/c1-3-14-13-15-11(18-9-4-5-17-7-9)10-6-8(2)19-12(10)16-13/h6,9H,3-5,7H2,1-2H3,(H,14,15,16). The van der Waals surface area contributed by atoms with Crippen molar-refractivity contribution in [2.45, 2.75) is 26.4 Å². The largest absolute Gasteiger partial charge is 0.471 e. The third kappa shape index (κ3) is 2.64. The van der Waals surface area contributed by atoms with Crippen LogP contribution in [0.25, 0.3) is 10.2 Å². The smallest absolute Gasteiger partial charge is 0.227 e. The molecular formula is C13H17N3O2S. The van der Waals surface area contributed by atoms with Crippen LogP contribution in [-0.2, 0) is 4.74 Å². The molecule has 1 N–H and O–H groups in total. The predicted octanol–water partition coefficient (Wildman–Crippen LogP) is 2.60. The van der Waals surface area contributed by atoms with E-state index in [0.717, 1.165) is 29.8 Å². The Balaban J connectivity index is 1.98. The summed E-state index contributed by atoms with van der Waals surface area (Å²) in [5, 5.41) is 4.14. The van der Waals surface area contributed by atoms with Crippen LogP contribution in [0.1, 0.15) is 18.2 Å². The summed E-state index contributed by atoms with van der Waals surface area (Å²) in [4.78, 5) is 11.2. The minimum Gasteiger partial charge on any atom is -0.471 e. The average molecular weight is 279 g/mol. The lowest BCUT2D eigenvalue weighted by molar-refractivity contribution is 0.139. The highest BCUT2D eigenvalue weighted by molar-refractivity contribution is 7.18. The molecule has 5 nitrogen and oxygen atoms in total. The van der Waals surface area contributed by atoms with Gasteiger partial charge in [0.25, 0.3) is 0 Å². The molecule has 0 aromatic carbocycles. The molecule has 0 spiro atoms. The van der Waals surface area contributed by atoms with Gasteiger partial charge in [-0.25, -0.2) is 4.98 Å². The lowest BCUT2D eigenvalue weighted by Crippen LogP contribution is -2.17.